The van der Waals surface area contributed by atoms with Crippen LogP contribution >= 0.6 is 0 Å². The van der Waals surface area contributed by atoms with E-state index < -0.39 is 30.4 Å². The van der Waals surface area contributed by atoms with Crippen molar-refractivity contribution in [3.8, 4) is 0 Å². The molecule has 142 valence electrons. The van der Waals surface area contributed by atoms with E-state index in [1.165, 1.54) is 0 Å². The SMILES string of the molecule is O=C(NC[C@@H]1O[C@@H](CC(=O)N2CCCC2)[C@H](O)[C@@H]1O)Nc1ccccc1. The van der Waals surface area contributed by atoms with E-state index in [0.29, 0.717) is 5.69 Å². The Balaban J connectivity index is 1.46. The highest BCUT2D eigenvalue weighted by molar-refractivity contribution is 5.89. The molecule has 0 aromatic heterocycles. The fraction of sp³-hybridized carbons (Fsp3) is 0.556. The largest absolute Gasteiger partial charge is 0.388 e. The predicted octanol–water partition coefficient (Wildman–Crippen LogP) is 0.310. The van der Waals surface area contributed by atoms with Gasteiger partial charge in [0.2, 0.25) is 5.91 Å². The van der Waals surface area contributed by atoms with Crippen LogP contribution in [-0.2, 0) is 9.53 Å². The quantitative estimate of drug-likeness (QED) is 0.602. The molecule has 0 saturated carbocycles. The van der Waals surface area contributed by atoms with Gasteiger partial charge in [-0.2, -0.15) is 0 Å². The average Bonchev–Trinajstić information content (AvgIpc) is 3.26. The number of aliphatic hydroxyl groups is 2. The zero-order valence-electron chi connectivity index (χ0n) is 14.5. The van der Waals surface area contributed by atoms with Crippen molar-refractivity contribution in [1.82, 2.24) is 10.2 Å². The number of aliphatic hydroxyl groups excluding tert-OH is 2. The molecule has 2 saturated heterocycles. The van der Waals surface area contributed by atoms with E-state index in [0.717, 1.165) is 25.9 Å². The Morgan fingerprint density at radius 2 is 1.73 bits per heavy atom. The number of ether oxygens (including phenoxy) is 1. The van der Waals surface area contributed by atoms with Crippen LogP contribution in [0.25, 0.3) is 0 Å². The Kier molecular flexibility index (Phi) is 6.08. The number of nitrogens with one attached hydrogen (secondary N) is 2. The van der Waals surface area contributed by atoms with Crippen molar-refractivity contribution in [2.45, 2.75) is 43.7 Å². The lowest BCUT2D eigenvalue weighted by atomic mass is 10.1. The summed E-state index contributed by atoms with van der Waals surface area (Å²) in [6.07, 6.45) is -1.80. The van der Waals surface area contributed by atoms with Crippen molar-refractivity contribution in [2.24, 2.45) is 0 Å². The van der Waals surface area contributed by atoms with Crippen LogP contribution < -0.4 is 10.6 Å². The third-order valence-electron chi connectivity index (χ3n) is 4.79. The van der Waals surface area contributed by atoms with Gasteiger partial charge < -0.3 is 30.5 Å². The maximum absolute atomic E-state index is 12.2. The van der Waals surface area contributed by atoms with Gasteiger partial charge >= 0.3 is 6.03 Å². The minimum absolute atomic E-state index is 0.0327. The summed E-state index contributed by atoms with van der Waals surface area (Å²) < 4.78 is 5.63. The molecule has 3 rings (SSSR count). The molecular formula is C18H25N3O5. The molecule has 26 heavy (non-hydrogen) atoms. The molecule has 8 heteroatoms. The van der Waals surface area contributed by atoms with Crippen LogP contribution in [0.3, 0.4) is 0 Å². The molecule has 3 amide bonds. The van der Waals surface area contributed by atoms with Gasteiger partial charge in [0.25, 0.3) is 0 Å². The summed E-state index contributed by atoms with van der Waals surface area (Å²) in [5.74, 6) is -0.0748. The van der Waals surface area contributed by atoms with Crippen molar-refractivity contribution in [1.29, 1.82) is 0 Å². The average molecular weight is 363 g/mol. The second-order valence-electron chi connectivity index (χ2n) is 6.69. The minimum Gasteiger partial charge on any atom is -0.388 e. The monoisotopic (exact) mass is 363 g/mol. The maximum Gasteiger partial charge on any atom is 0.319 e. The molecule has 0 bridgehead atoms. The lowest BCUT2D eigenvalue weighted by Crippen LogP contribution is -2.41. The highest BCUT2D eigenvalue weighted by Gasteiger charge is 2.43. The maximum atomic E-state index is 12.2. The Morgan fingerprint density at radius 3 is 2.42 bits per heavy atom. The lowest BCUT2D eigenvalue weighted by molar-refractivity contribution is -0.134. The molecule has 0 aliphatic carbocycles. The topological polar surface area (TPSA) is 111 Å². The van der Waals surface area contributed by atoms with E-state index in [1.807, 2.05) is 6.07 Å². The number of anilines is 1. The number of carbonyl (C=O) groups is 2. The van der Waals surface area contributed by atoms with Crippen molar-refractivity contribution < 1.29 is 24.5 Å². The van der Waals surface area contributed by atoms with E-state index in [1.54, 1.807) is 29.2 Å². The first-order chi connectivity index (χ1) is 12.5. The first-order valence-corrected chi connectivity index (χ1v) is 8.94. The first kappa shape index (κ1) is 18.6. The normalized spacial score (nSPS) is 28.2. The van der Waals surface area contributed by atoms with Crippen LogP contribution in [0.15, 0.2) is 30.3 Å². The zero-order valence-corrected chi connectivity index (χ0v) is 14.5. The molecule has 2 heterocycles. The molecule has 0 spiro atoms. The number of benzene rings is 1. The van der Waals surface area contributed by atoms with E-state index in [4.69, 9.17) is 4.74 Å². The number of nitrogens with zero attached hydrogens (tertiary/aromatic N) is 1. The molecule has 2 aliphatic rings. The molecule has 0 radical (unpaired) electrons. The molecule has 4 N–H and O–H groups in total. The van der Waals surface area contributed by atoms with Gasteiger partial charge in [-0.15, -0.1) is 0 Å². The van der Waals surface area contributed by atoms with Gasteiger partial charge in [-0.1, -0.05) is 18.2 Å². The van der Waals surface area contributed by atoms with Gasteiger partial charge in [-0.05, 0) is 25.0 Å². The Bertz CT molecular complexity index is 621. The van der Waals surface area contributed by atoms with Gasteiger partial charge in [0.05, 0.1) is 12.5 Å². The standard InChI is InChI=1S/C18H25N3O5/c22-15(21-8-4-5-9-21)10-13-16(23)17(24)14(26-13)11-19-18(25)20-12-6-2-1-3-7-12/h1-3,6-7,13-14,16-17,23-24H,4-5,8-11H2,(H2,19,20,25)/t13-,14-,16-,17+/m0/s1. The summed E-state index contributed by atoms with van der Waals surface area (Å²) in [7, 11) is 0. The highest BCUT2D eigenvalue weighted by atomic mass is 16.5. The minimum atomic E-state index is -1.15. The zero-order chi connectivity index (χ0) is 18.5. The molecule has 1 aromatic rings. The van der Waals surface area contributed by atoms with Crippen molar-refractivity contribution in [3.63, 3.8) is 0 Å². The summed E-state index contributed by atoms with van der Waals surface area (Å²) in [5.41, 5.74) is 0.645. The van der Waals surface area contributed by atoms with Crippen LogP contribution in [0.4, 0.5) is 10.5 Å². The molecular weight excluding hydrogens is 338 g/mol. The second-order valence-corrected chi connectivity index (χ2v) is 6.69. The summed E-state index contributed by atoms with van der Waals surface area (Å²) in [4.78, 5) is 25.9. The van der Waals surface area contributed by atoms with Gasteiger partial charge in [-0.3, -0.25) is 4.79 Å². The Labute approximate surface area is 152 Å². The highest BCUT2D eigenvalue weighted by Crippen LogP contribution is 2.24. The van der Waals surface area contributed by atoms with Gasteiger partial charge in [0.1, 0.15) is 18.3 Å². The first-order valence-electron chi connectivity index (χ1n) is 8.94. The lowest BCUT2D eigenvalue weighted by Gasteiger charge is -2.19. The fourth-order valence-electron chi connectivity index (χ4n) is 3.32. The van der Waals surface area contributed by atoms with Crippen LogP contribution in [0.1, 0.15) is 19.3 Å². The van der Waals surface area contributed by atoms with E-state index in [9.17, 15) is 19.8 Å². The predicted molar refractivity (Wildman–Crippen MR) is 94.6 cm³/mol. The Hall–Kier alpha value is -2.16. The van der Waals surface area contributed by atoms with Crippen LogP contribution in [-0.4, -0.2) is 71.1 Å². The second kappa shape index (κ2) is 8.48. The number of hydrogen-bond acceptors (Lipinski definition) is 5. The molecule has 2 aliphatic heterocycles. The van der Waals surface area contributed by atoms with E-state index >= 15 is 0 Å². The molecule has 8 nitrogen and oxygen atoms in total. The summed E-state index contributed by atoms with van der Waals surface area (Å²) in [5, 5.41) is 25.6. The van der Waals surface area contributed by atoms with Gasteiger partial charge in [0.15, 0.2) is 0 Å². The summed E-state index contributed by atoms with van der Waals surface area (Å²) >= 11 is 0. The number of carbonyl (C=O) groups excluding carboxylic acids is 2. The van der Waals surface area contributed by atoms with Crippen molar-refractivity contribution >= 4 is 17.6 Å². The number of hydrogen-bond donors (Lipinski definition) is 4. The number of urea groups is 1. The van der Waals surface area contributed by atoms with E-state index in [2.05, 4.69) is 10.6 Å². The van der Waals surface area contributed by atoms with Crippen LogP contribution in [0, 0.1) is 0 Å². The van der Waals surface area contributed by atoms with Gasteiger partial charge in [0, 0.05) is 25.3 Å². The fourth-order valence-corrected chi connectivity index (χ4v) is 3.32. The number of amides is 3. The number of rotatable bonds is 5. The van der Waals surface area contributed by atoms with Crippen LogP contribution in [0.5, 0.6) is 0 Å². The summed E-state index contributed by atoms with van der Waals surface area (Å²) in [6.45, 7) is 1.50. The smallest absolute Gasteiger partial charge is 0.319 e. The summed E-state index contributed by atoms with van der Waals surface area (Å²) in [6, 6.07) is 8.53. The third-order valence-corrected chi connectivity index (χ3v) is 4.79. The molecule has 0 unspecified atom stereocenters. The van der Waals surface area contributed by atoms with Gasteiger partial charge in [-0.25, -0.2) is 4.79 Å². The Morgan fingerprint density at radius 1 is 1.08 bits per heavy atom. The number of para-hydroxylation sites is 1. The van der Waals surface area contributed by atoms with Crippen LogP contribution in [0.2, 0.25) is 0 Å². The molecule has 4 atom stereocenters. The molecule has 2 fully saturated rings. The van der Waals surface area contributed by atoms with E-state index in [-0.39, 0.29) is 18.9 Å². The van der Waals surface area contributed by atoms with Crippen molar-refractivity contribution in [3.05, 3.63) is 30.3 Å². The number of likely N-dealkylation sites (tertiary alicyclic amines) is 1. The van der Waals surface area contributed by atoms with Crippen molar-refractivity contribution in [2.75, 3.05) is 25.0 Å². The third kappa shape index (κ3) is 4.51. The molecule has 1 aromatic carbocycles.